The molecule has 1 heteroatoms. The molecule has 0 fully saturated rings. The summed E-state index contributed by atoms with van der Waals surface area (Å²) >= 11 is 0. The van der Waals surface area contributed by atoms with Gasteiger partial charge in [0.1, 0.15) is 0 Å². The van der Waals surface area contributed by atoms with Crippen LogP contribution in [0.3, 0.4) is 0 Å². The van der Waals surface area contributed by atoms with Crippen molar-refractivity contribution in [1.82, 2.24) is 5.32 Å². The highest BCUT2D eigenvalue weighted by molar-refractivity contribution is 5.82. The van der Waals surface area contributed by atoms with E-state index in [9.17, 15) is 0 Å². The third kappa shape index (κ3) is 4.06. The van der Waals surface area contributed by atoms with Crippen molar-refractivity contribution < 1.29 is 0 Å². The van der Waals surface area contributed by atoms with E-state index in [4.69, 9.17) is 0 Å². The lowest BCUT2D eigenvalue weighted by Crippen LogP contribution is -2.36. The minimum atomic E-state index is -0.228. The maximum atomic E-state index is 4.63. The molecule has 1 N–H and O–H groups in total. The Balaban J connectivity index is 1.45. The first-order valence-corrected chi connectivity index (χ1v) is 11.8. The summed E-state index contributed by atoms with van der Waals surface area (Å²) < 4.78 is 0. The van der Waals surface area contributed by atoms with Crippen molar-refractivity contribution in [3.63, 3.8) is 0 Å². The Kier molecular flexibility index (Phi) is 6.01. The molecular formula is C32H29N. The first-order valence-electron chi connectivity index (χ1n) is 11.8. The van der Waals surface area contributed by atoms with E-state index in [1.165, 1.54) is 33.4 Å². The SMILES string of the molecule is C=C(NCCc1c#cccc1)C1(CCCc2ccccc2)c2ccccc2-c2ccccc21. The van der Waals surface area contributed by atoms with E-state index < -0.39 is 0 Å². The Morgan fingerprint density at radius 2 is 1.42 bits per heavy atom. The zero-order chi connectivity index (χ0) is 22.5. The predicted molar refractivity (Wildman–Crippen MR) is 137 cm³/mol. The fourth-order valence-corrected chi connectivity index (χ4v) is 5.31. The van der Waals surface area contributed by atoms with E-state index in [0.717, 1.165) is 37.9 Å². The highest BCUT2D eigenvalue weighted by Gasteiger charge is 2.44. The summed E-state index contributed by atoms with van der Waals surface area (Å²) in [5.74, 6) is 0. The number of benzene rings is 3. The largest absolute Gasteiger partial charge is 0.387 e. The average Bonchev–Trinajstić information content (AvgIpc) is 3.16. The quantitative estimate of drug-likeness (QED) is 0.306. The Hall–Kier alpha value is -3.76. The number of nitrogens with one attached hydrogen (secondary N) is 1. The zero-order valence-electron chi connectivity index (χ0n) is 19.0. The van der Waals surface area contributed by atoms with Crippen molar-refractivity contribution in [2.45, 2.75) is 31.1 Å². The molecule has 0 spiro atoms. The van der Waals surface area contributed by atoms with Gasteiger partial charge in [-0.2, -0.15) is 0 Å². The Bertz CT molecular complexity index is 1180. The second-order valence-corrected chi connectivity index (χ2v) is 8.81. The van der Waals surface area contributed by atoms with Gasteiger partial charge in [0.15, 0.2) is 0 Å². The third-order valence-corrected chi connectivity index (χ3v) is 6.88. The molecule has 0 unspecified atom stereocenters. The smallest absolute Gasteiger partial charge is 0.0604 e. The molecule has 162 valence electrons. The molecule has 0 saturated carbocycles. The van der Waals surface area contributed by atoms with Crippen LogP contribution in [0.1, 0.15) is 35.1 Å². The normalized spacial score (nSPS) is 13.0. The number of allylic oxidation sites excluding steroid dienone is 1. The number of rotatable bonds is 9. The number of hydrogen-bond donors (Lipinski definition) is 1. The molecule has 4 aromatic carbocycles. The molecule has 5 rings (SSSR count). The Morgan fingerprint density at radius 3 is 2.09 bits per heavy atom. The van der Waals surface area contributed by atoms with Crippen molar-refractivity contribution in [2.75, 3.05) is 6.54 Å². The Labute approximate surface area is 197 Å². The van der Waals surface area contributed by atoms with Crippen LogP contribution in [0.4, 0.5) is 0 Å². The van der Waals surface area contributed by atoms with Gasteiger partial charge in [-0.3, -0.25) is 0 Å². The van der Waals surface area contributed by atoms with Crippen LogP contribution < -0.4 is 5.32 Å². The first-order chi connectivity index (χ1) is 16.3. The summed E-state index contributed by atoms with van der Waals surface area (Å²) in [4.78, 5) is 0. The molecule has 0 atom stereocenters. The van der Waals surface area contributed by atoms with Crippen molar-refractivity contribution in [3.8, 4) is 11.1 Å². The summed E-state index contributed by atoms with van der Waals surface area (Å²) in [5.41, 5.74) is 8.84. The monoisotopic (exact) mass is 427 g/mol. The summed E-state index contributed by atoms with van der Waals surface area (Å²) in [7, 11) is 0. The Morgan fingerprint density at radius 1 is 0.758 bits per heavy atom. The lowest BCUT2D eigenvalue weighted by atomic mass is 9.71. The van der Waals surface area contributed by atoms with Gasteiger partial charge in [-0.15, -0.1) is 0 Å². The van der Waals surface area contributed by atoms with Crippen molar-refractivity contribution >= 4 is 0 Å². The topological polar surface area (TPSA) is 12.0 Å². The standard InChI is InChI=1S/C32H29N/c1-25(33-24-22-27-15-6-3-7-16-27)32(23-12-17-26-13-4-2-5-14-26)30-20-10-8-18-28(30)29-19-9-11-21-31(29)32/h2-6,8-11,13-15,18-21,33H,1,12,17,22-24H2. The van der Waals surface area contributed by atoms with Crippen LogP contribution >= 0.6 is 0 Å². The van der Waals surface area contributed by atoms with E-state index in [2.05, 4.69) is 109 Å². The van der Waals surface area contributed by atoms with Gasteiger partial charge in [0, 0.05) is 17.8 Å². The number of aryl methyl sites for hydroxylation is 1. The minimum Gasteiger partial charge on any atom is -0.387 e. The molecule has 1 nitrogen and oxygen atoms in total. The molecule has 0 radical (unpaired) electrons. The van der Waals surface area contributed by atoms with E-state index in [1.807, 2.05) is 12.1 Å². The van der Waals surface area contributed by atoms with Crippen LogP contribution in [0.2, 0.25) is 0 Å². The second-order valence-electron chi connectivity index (χ2n) is 8.81. The minimum absolute atomic E-state index is 0.228. The van der Waals surface area contributed by atoms with Crippen LogP contribution in [0, 0.1) is 12.1 Å². The van der Waals surface area contributed by atoms with Crippen LogP contribution in [-0.4, -0.2) is 6.54 Å². The van der Waals surface area contributed by atoms with Crippen molar-refractivity contribution in [2.24, 2.45) is 0 Å². The van der Waals surface area contributed by atoms with Gasteiger partial charge >= 0.3 is 0 Å². The molecule has 0 bridgehead atoms. The number of hydrogen-bond acceptors (Lipinski definition) is 1. The van der Waals surface area contributed by atoms with E-state index in [0.29, 0.717) is 0 Å². The maximum Gasteiger partial charge on any atom is 0.0604 e. The molecule has 0 amide bonds. The molecule has 0 saturated heterocycles. The van der Waals surface area contributed by atoms with E-state index in [1.54, 1.807) is 0 Å². The zero-order valence-corrected chi connectivity index (χ0v) is 19.0. The third-order valence-electron chi connectivity index (χ3n) is 6.88. The number of fused-ring (bicyclic) bond motifs is 3. The summed E-state index contributed by atoms with van der Waals surface area (Å²) in [6.07, 6.45) is 4.08. The van der Waals surface area contributed by atoms with Gasteiger partial charge in [0.05, 0.1) is 5.41 Å². The van der Waals surface area contributed by atoms with Crippen LogP contribution in [-0.2, 0) is 18.3 Å². The lowest BCUT2D eigenvalue weighted by molar-refractivity contribution is 0.499. The highest BCUT2D eigenvalue weighted by Crippen LogP contribution is 2.54. The van der Waals surface area contributed by atoms with Gasteiger partial charge in [-0.1, -0.05) is 104 Å². The molecule has 0 aliphatic heterocycles. The fourth-order valence-electron chi connectivity index (χ4n) is 5.31. The van der Waals surface area contributed by atoms with Crippen molar-refractivity contribution in [3.05, 3.63) is 144 Å². The lowest BCUT2D eigenvalue weighted by Gasteiger charge is -2.35. The molecule has 1 aliphatic carbocycles. The van der Waals surface area contributed by atoms with Crippen LogP contribution in [0.15, 0.2) is 109 Å². The highest BCUT2D eigenvalue weighted by atomic mass is 14.9. The van der Waals surface area contributed by atoms with Crippen LogP contribution in [0.25, 0.3) is 11.1 Å². The fraction of sp³-hybridized carbons (Fsp3) is 0.188. The molecule has 4 aromatic rings. The van der Waals surface area contributed by atoms with Gasteiger partial charge in [-0.25, -0.2) is 0 Å². The molecule has 0 aromatic heterocycles. The molecule has 0 heterocycles. The van der Waals surface area contributed by atoms with E-state index in [-0.39, 0.29) is 5.41 Å². The van der Waals surface area contributed by atoms with E-state index >= 15 is 0 Å². The average molecular weight is 428 g/mol. The van der Waals surface area contributed by atoms with Gasteiger partial charge in [-0.05, 0) is 65.6 Å². The van der Waals surface area contributed by atoms with Gasteiger partial charge < -0.3 is 5.32 Å². The van der Waals surface area contributed by atoms with Gasteiger partial charge in [0.2, 0.25) is 0 Å². The second kappa shape index (κ2) is 9.39. The summed E-state index contributed by atoms with van der Waals surface area (Å²) in [6, 6.07) is 40.8. The summed E-state index contributed by atoms with van der Waals surface area (Å²) in [5, 5.41) is 3.72. The first kappa shape index (κ1) is 21.1. The molecule has 33 heavy (non-hydrogen) atoms. The molecule has 1 aliphatic rings. The predicted octanol–water partition coefficient (Wildman–Crippen LogP) is 6.92. The maximum absolute atomic E-state index is 4.63. The van der Waals surface area contributed by atoms with Crippen LogP contribution in [0.5, 0.6) is 0 Å². The molecular weight excluding hydrogens is 398 g/mol. The van der Waals surface area contributed by atoms with Crippen molar-refractivity contribution in [1.29, 1.82) is 0 Å². The van der Waals surface area contributed by atoms with Gasteiger partial charge in [0.25, 0.3) is 0 Å². The summed E-state index contributed by atoms with van der Waals surface area (Å²) in [6.45, 7) is 5.47.